The molecule has 1 saturated carbocycles. The molecular weight excluding hydrogens is 525 g/mol. The molecule has 2 N–H and O–H groups in total. The highest BCUT2D eigenvalue weighted by Gasteiger charge is 2.41. The van der Waals surface area contributed by atoms with Crippen LogP contribution in [0.25, 0.3) is 16.7 Å². The molecule has 40 heavy (non-hydrogen) atoms. The summed E-state index contributed by atoms with van der Waals surface area (Å²) < 4.78 is 41.6. The molecule has 0 unspecified atom stereocenters. The van der Waals surface area contributed by atoms with Crippen LogP contribution in [0.15, 0.2) is 30.5 Å². The summed E-state index contributed by atoms with van der Waals surface area (Å²) in [5.41, 5.74) is -0.905. The zero-order valence-corrected chi connectivity index (χ0v) is 22.7. The van der Waals surface area contributed by atoms with Crippen LogP contribution in [0.3, 0.4) is 0 Å². The largest absolute Gasteiger partial charge is 0.416 e. The van der Waals surface area contributed by atoms with E-state index in [4.69, 9.17) is 4.98 Å². The quantitative estimate of drug-likeness (QED) is 0.476. The van der Waals surface area contributed by atoms with Gasteiger partial charge in [-0.15, -0.1) is 0 Å². The molecule has 6 rings (SSSR count). The Morgan fingerprint density at radius 2 is 1.90 bits per heavy atom. The highest BCUT2D eigenvalue weighted by Crippen LogP contribution is 2.36. The first-order chi connectivity index (χ1) is 18.9. The van der Waals surface area contributed by atoms with E-state index in [9.17, 15) is 23.1 Å². The summed E-state index contributed by atoms with van der Waals surface area (Å²) >= 11 is 0. The number of alkyl halides is 3. The van der Waals surface area contributed by atoms with E-state index in [0.717, 1.165) is 18.7 Å². The highest BCUT2D eigenvalue weighted by molar-refractivity contribution is 5.90. The third kappa shape index (κ3) is 4.96. The molecular formula is C27H33F3N8O2. The van der Waals surface area contributed by atoms with Gasteiger partial charge >= 0.3 is 6.18 Å². The Labute approximate surface area is 229 Å². The summed E-state index contributed by atoms with van der Waals surface area (Å²) in [4.78, 5) is 28.4. The third-order valence-electron chi connectivity index (χ3n) is 8.15. The number of rotatable bonds is 6. The van der Waals surface area contributed by atoms with Crippen LogP contribution in [-0.4, -0.2) is 97.0 Å². The molecule has 214 valence electrons. The lowest BCUT2D eigenvalue weighted by Gasteiger charge is -2.49. The fourth-order valence-corrected chi connectivity index (χ4v) is 5.85. The number of hydrogen-bond acceptors (Lipinski definition) is 8. The highest BCUT2D eigenvalue weighted by atomic mass is 19.4. The molecule has 13 heteroatoms. The van der Waals surface area contributed by atoms with Crippen molar-refractivity contribution in [3.05, 3.63) is 36.0 Å². The van der Waals surface area contributed by atoms with E-state index in [-0.39, 0.29) is 23.7 Å². The second-order valence-corrected chi connectivity index (χ2v) is 11.7. The predicted molar refractivity (Wildman–Crippen MR) is 143 cm³/mol. The number of nitrogens with one attached hydrogen (secondary N) is 1. The topological polar surface area (TPSA) is 103 Å². The summed E-state index contributed by atoms with van der Waals surface area (Å²) in [5.74, 6) is 1.05. The molecule has 3 fully saturated rings. The van der Waals surface area contributed by atoms with Crippen molar-refractivity contribution in [2.75, 3.05) is 42.9 Å². The Balaban J connectivity index is 1.29. The van der Waals surface area contributed by atoms with E-state index in [1.807, 2.05) is 4.90 Å². The average Bonchev–Trinajstić information content (AvgIpc) is 3.26. The van der Waals surface area contributed by atoms with Crippen molar-refractivity contribution < 1.29 is 23.1 Å². The molecule has 3 aliphatic rings. The number of anilines is 2. The van der Waals surface area contributed by atoms with E-state index in [2.05, 4.69) is 39.0 Å². The van der Waals surface area contributed by atoms with Crippen molar-refractivity contribution in [3.63, 3.8) is 0 Å². The van der Waals surface area contributed by atoms with Gasteiger partial charge in [0, 0.05) is 38.3 Å². The first kappa shape index (κ1) is 26.8. The normalized spacial score (nSPS) is 24.5. The number of halogens is 3. The maximum atomic E-state index is 13.4. The number of piperazine rings is 1. The molecule has 1 amide bonds. The molecule has 3 aromatic rings. The monoisotopic (exact) mass is 558 g/mol. The van der Waals surface area contributed by atoms with Crippen molar-refractivity contribution in [1.29, 1.82) is 0 Å². The summed E-state index contributed by atoms with van der Waals surface area (Å²) in [6.45, 7) is 9.05. The molecule has 1 aliphatic carbocycles. The second kappa shape index (κ2) is 9.58. The Bertz CT molecular complexity index is 1420. The zero-order valence-electron chi connectivity index (χ0n) is 22.7. The van der Waals surface area contributed by atoms with E-state index in [1.54, 1.807) is 19.2 Å². The maximum absolute atomic E-state index is 13.4. The van der Waals surface area contributed by atoms with Crippen molar-refractivity contribution in [2.24, 2.45) is 0 Å². The van der Waals surface area contributed by atoms with E-state index < -0.39 is 17.3 Å². The first-order valence-electron chi connectivity index (χ1n) is 13.6. The van der Waals surface area contributed by atoms with Gasteiger partial charge in [0.2, 0.25) is 11.9 Å². The fourth-order valence-electron chi connectivity index (χ4n) is 5.85. The Hall–Kier alpha value is -3.45. The van der Waals surface area contributed by atoms with Crippen molar-refractivity contribution in [1.82, 2.24) is 29.5 Å². The lowest BCUT2D eigenvalue weighted by atomic mass is 9.77. The molecule has 2 aliphatic heterocycles. The van der Waals surface area contributed by atoms with Crippen molar-refractivity contribution in [2.45, 2.75) is 63.5 Å². The average molecular weight is 559 g/mol. The zero-order chi connectivity index (χ0) is 28.4. The SMILES string of the molecule is CC(C)N1CCN(C2CN(c3nc(N[C@H]4C[C@](C)(O)C4)nc4c3cnn4-c3cccc(C(F)(F)F)c3)C2)C(=O)C1. The van der Waals surface area contributed by atoms with Gasteiger partial charge < -0.3 is 20.2 Å². The smallest absolute Gasteiger partial charge is 0.390 e. The van der Waals surface area contributed by atoms with E-state index in [1.165, 1.54) is 10.7 Å². The molecule has 0 radical (unpaired) electrons. The number of amides is 1. The first-order valence-corrected chi connectivity index (χ1v) is 13.6. The van der Waals surface area contributed by atoms with Crippen LogP contribution in [0.4, 0.5) is 24.9 Å². The van der Waals surface area contributed by atoms with Gasteiger partial charge in [-0.05, 0) is 51.8 Å². The standard InChI is InChI=1S/C27H33F3N8O2/c1-16(2)35-7-8-37(22(39)15-35)20-13-36(14-20)23-21-12-31-38(19-6-4-5-17(9-19)27(28,29)30)24(21)34-25(33-23)32-18-10-26(3,40)11-18/h4-6,9,12,16,18,20,40H,7-8,10-11,13-15H2,1-3H3,(H,32,33,34)/t18-,26-. The Kier molecular flexibility index (Phi) is 6.41. The summed E-state index contributed by atoms with van der Waals surface area (Å²) in [7, 11) is 0. The summed E-state index contributed by atoms with van der Waals surface area (Å²) in [6.07, 6.45) is -1.85. The lowest BCUT2D eigenvalue weighted by Crippen LogP contribution is -2.65. The van der Waals surface area contributed by atoms with Crippen LogP contribution in [0.2, 0.25) is 0 Å². The fraction of sp³-hybridized carbons (Fsp3) is 0.556. The Morgan fingerprint density at radius 1 is 1.15 bits per heavy atom. The van der Waals surface area contributed by atoms with Gasteiger partial charge in [0.25, 0.3) is 0 Å². The minimum absolute atomic E-state index is 0.0238. The molecule has 0 atom stereocenters. The van der Waals surface area contributed by atoms with E-state index in [0.29, 0.717) is 67.9 Å². The Morgan fingerprint density at radius 3 is 2.55 bits per heavy atom. The summed E-state index contributed by atoms with van der Waals surface area (Å²) in [6, 6.07) is 5.33. The second-order valence-electron chi connectivity index (χ2n) is 11.7. The number of aliphatic hydroxyl groups is 1. The number of carbonyl (C=O) groups is 1. The van der Waals surface area contributed by atoms with Crippen LogP contribution in [-0.2, 0) is 11.0 Å². The molecule has 0 spiro atoms. The van der Waals surface area contributed by atoms with Gasteiger partial charge in [-0.1, -0.05) is 6.07 Å². The number of fused-ring (bicyclic) bond motifs is 1. The van der Waals surface area contributed by atoms with Gasteiger partial charge in [-0.2, -0.15) is 28.2 Å². The number of benzene rings is 1. The van der Waals surface area contributed by atoms with Crippen LogP contribution in [0.5, 0.6) is 0 Å². The van der Waals surface area contributed by atoms with Gasteiger partial charge in [0.1, 0.15) is 5.82 Å². The number of carbonyl (C=O) groups excluding carboxylic acids is 1. The molecule has 1 aromatic carbocycles. The lowest BCUT2D eigenvalue weighted by molar-refractivity contribution is -0.140. The minimum atomic E-state index is -4.49. The van der Waals surface area contributed by atoms with Crippen molar-refractivity contribution in [3.8, 4) is 5.69 Å². The molecule has 2 saturated heterocycles. The van der Waals surface area contributed by atoms with Gasteiger partial charge in [-0.25, -0.2) is 4.68 Å². The molecule has 4 heterocycles. The summed E-state index contributed by atoms with van der Waals surface area (Å²) in [5, 5.41) is 18.4. The molecule has 0 bridgehead atoms. The van der Waals surface area contributed by atoms with E-state index >= 15 is 0 Å². The minimum Gasteiger partial charge on any atom is -0.390 e. The van der Waals surface area contributed by atoms with Crippen LogP contribution >= 0.6 is 0 Å². The molecule has 2 aromatic heterocycles. The maximum Gasteiger partial charge on any atom is 0.416 e. The number of nitrogens with zero attached hydrogens (tertiary/aromatic N) is 7. The number of aromatic nitrogens is 4. The van der Waals surface area contributed by atoms with Crippen LogP contribution in [0, 0.1) is 0 Å². The van der Waals surface area contributed by atoms with Gasteiger partial charge in [0.15, 0.2) is 5.65 Å². The van der Waals surface area contributed by atoms with Gasteiger partial charge in [0.05, 0.1) is 41.0 Å². The van der Waals surface area contributed by atoms with Gasteiger partial charge in [-0.3, -0.25) is 9.69 Å². The van der Waals surface area contributed by atoms with Crippen molar-refractivity contribution >= 4 is 28.7 Å². The predicted octanol–water partition coefficient (Wildman–Crippen LogP) is 2.90. The number of hydrogen-bond donors (Lipinski definition) is 2. The molecule has 10 nitrogen and oxygen atoms in total. The van der Waals surface area contributed by atoms with Crippen LogP contribution < -0.4 is 10.2 Å². The third-order valence-corrected chi connectivity index (χ3v) is 8.15. The van der Waals surface area contributed by atoms with Crippen LogP contribution in [0.1, 0.15) is 39.2 Å².